The molecule has 6 rings (SSSR count). The van der Waals surface area contributed by atoms with Crippen molar-refractivity contribution < 1.29 is 23.9 Å². The summed E-state index contributed by atoms with van der Waals surface area (Å²) < 4.78 is 13.2. The highest BCUT2D eigenvalue weighted by Crippen LogP contribution is 2.44. The number of esters is 1. The van der Waals surface area contributed by atoms with Gasteiger partial charge in [0.1, 0.15) is 11.3 Å². The number of benzene rings is 2. The molecular formula is C41H48ClN5O5. The van der Waals surface area contributed by atoms with Crippen LogP contribution >= 0.6 is 11.6 Å². The van der Waals surface area contributed by atoms with Gasteiger partial charge < -0.3 is 24.7 Å². The van der Waals surface area contributed by atoms with Gasteiger partial charge in [0.2, 0.25) is 5.91 Å². The first-order valence-electron chi connectivity index (χ1n) is 18.6. The molecule has 274 valence electrons. The summed E-state index contributed by atoms with van der Waals surface area (Å²) in [7, 11) is 1.98. The minimum Gasteiger partial charge on any atom is -0.493 e. The number of aryl methyl sites for hydroxylation is 1. The van der Waals surface area contributed by atoms with E-state index in [0.29, 0.717) is 65.4 Å². The zero-order valence-corrected chi connectivity index (χ0v) is 31.1. The van der Waals surface area contributed by atoms with Gasteiger partial charge in [-0.3, -0.25) is 9.59 Å². The van der Waals surface area contributed by atoms with E-state index in [1.165, 1.54) is 24.5 Å². The lowest BCUT2D eigenvalue weighted by molar-refractivity contribution is -0.137. The number of carbonyl (C=O) groups is 3. The third-order valence-corrected chi connectivity index (χ3v) is 10.5. The van der Waals surface area contributed by atoms with Crippen LogP contribution in [0.2, 0.25) is 5.02 Å². The van der Waals surface area contributed by atoms with Crippen LogP contribution in [0, 0.1) is 0 Å². The molecule has 0 aliphatic heterocycles. The SMILES string of the molecule is CCCCCCOC(=O)/C=C/c1ccc(NC(=O)C2(NC(=O)c3ccc4c(C5CCCC5)c(-c5ncc(Cl)cn5)n(C)c4c3)CCC2)cc1OCC. The molecule has 2 aromatic carbocycles. The summed E-state index contributed by atoms with van der Waals surface area (Å²) in [6.07, 6.45) is 16.8. The van der Waals surface area contributed by atoms with E-state index in [-0.39, 0.29) is 11.8 Å². The molecule has 2 aromatic heterocycles. The van der Waals surface area contributed by atoms with Crippen molar-refractivity contribution in [2.75, 3.05) is 18.5 Å². The van der Waals surface area contributed by atoms with Crippen LogP contribution in [0.5, 0.6) is 5.75 Å². The molecule has 0 spiro atoms. The van der Waals surface area contributed by atoms with Crippen molar-refractivity contribution in [2.45, 2.75) is 95.9 Å². The molecule has 2 fully saturated rings. The second kappa shape index (κ2) is 16.8. The predicted octanol–water partition coefficient (Wildman–Crippen LogP) is 8.77. The van der Waals surface area contributed by atoms with E-state index in [1.54, 1.807) is 36.7 Å². The van der Waals surface area contributed by atoms with Crippen molar-refractivity contribution in [2.24, 2.45) is 7.05 Å². The van der Waals surface area contributed by atoms with E-state index >= 15 is 0 Å². The summed E-state index contributed by atoms with van der Waals surface area (Å²) in [5.74, 6) is 0.515. The van der Waals surface area contributed by atoms with Crippen molar-refractivity contribution in [1.29, 1.82) is 0 Å². The first-order valence-corrected chi connectivity index (χ1v) is 19.0. The Hall–Kier alpha value is -4.70. The van der Waals surface area contributed by atoms with Crippen molar-refractivity contribution >= 4 is 52.1 Å². The normalized spacial score (nSPS) is 15.5. The van der Waals surface area contributed by atoms with Gasteiger partial charge in [0, 0.05) is 59.3 Å². The molecule has 0 saturated heterocycles. The van der Waals surface area contributed by atoms with Gasteiger partial charge in [0.05, 0.1) is 23.9 Å². The Morgan fingerprint density at radius 2 is 1.77 bits per heavy atom. The number of halogens is 1. The quantitative estimate of drug-likeness (QED) is 0.0713. The second-order valence-corrected chi connectivity index (χ2v) is 14.3. The summed E-state index contributed by atoms with van der Waals surface area (Å²) in [6, 6.07) is 11.0. The molecule has 0 atom stereocenters. The highest BCUT2D eigenvalue weighted by molar-refractivity contribution is 6.30. The average Bonchev–Trinajstić information content (AvgIpc) is 3.76. The number of anilines is 1. The topological polar surface area (TPSA) is 124 Å². The van der Waals surface area contributed by atoms with Crippen molar-refractivity contribution in [1.82, 2.24) is 19.9 Å². The molecule has 2 heterocycles. The van der Waals surface area contributed by atoms with E-state index in [0.717, 1.165) is 61.5 Å². The Morgan fingerprint density at radius 1 is 1.00 bits per heavy atom. The minimum atomic E-state index is -1.04. The highest BCUT2D eigenvalue weighted by atomic mass is 35.5. The van der Waals surface area contributed by atoms with Crippen LogP contribution in [0.1, 0.15) is 112 Å². The number of nitrogens with zero attached hydrogens (tertiary/aromatic N) is 3. The molecule has 2 aliphatic rings. The zero-order chi connectivity index (χ0) is 36.7. The lowest BCUT2D eigenvalue weighted by atomic mass is 9.75. The Labute approximate surface area is 310 Å². The van der Waals surface area contributed by atoms with Crippen LogP contribution in [0.15, 0.2) is 54.9 Å². The van der Waals surface area contributed by atoms with Gasteiger partial charge in [-0.05, 0) is 87.3 Å². The molecule has 2 N–H and O–H groups in total. The Balaban J connectivity index is 1.17. The fraction of sp³-hybridized carbons (Fsp3) is 0.439. The number of unbranched alkanes of at least 4 members (excludes halogenated alkanes) is 3. The molecule has 0 bridgehead atoms. The van der Waals surface area contributed by atoms with Crippen LogP contribution in [0.4, 0.5) is 5.69 Å². The number of hydrogen-bond acceptors (Lipinski definition) is 7. The summed E-state index contributed by atoms with van der Waals surface area (Å²) >= 11 is 6.12. The largest absolute Gasteiger partial charge is 0.493 e. The number of aromatic nitrogens is 3. The van der Waals surface area contributed by atoms with Crippen molar-refractivity contribution in [3.8, 4) is 17.3 Å². The first kappa shape index (κ1) is 37.1. The zero-order valence-electron chi connectivity index (χ0n) is 30.3. The number of carbonyl (C=O) groups excluding carboxylic acids is 3. The van der Waals surface area contributed by atoms with Gasteiger partial charge in [0.25, 0.3) is 5.91 Å². The van der Waals surface area contributed by atoms with E-state index < -0.39 is 11.5 Å². The Morgan fingerprint density at radius 3 is 2.46 bits per heavy atom. The summed E-state index contributed by atoms with van der Waals surface area (Å²) in [6.45, 7) is 4.81. The highest BCUT2D eigenvalue weighted by Gasteiger charge is 2.45. The maximum Gasteiger partial charge on any atom is 0.330 e. The van der Waals surface area contributed by atoms with Crippen molar-refractivity contribution in [3.05, 3.63) is 76.6 Å². The molecule has 0 unspecified atom stereocenters. The number of ether oxygens (including phenoxy) is 2. The molecule has 2 amide bonds. The fourth-order valence-corrected chi connectivity index (χ4v) is 7.45. The van der Waals surface area contributed by atoms with Crippen molar-refractivity contribution in [3.63, 3.8) is 0 Å². The average molecular weight is 726 g/mol. The number of amides is 2. The maximum atomic E-state index is 13.8. The molecule has 2 aliphatic carbocycles. The Bertz CT molecular complexity index is 1940. The molecule has 0 radical (unpaired) electrons. The molecule has 52 heavy (non-hydrogen) atoms. The molecule has 4 aromatic rings. The van der Waals surface area contributed by atoms with Crippen LogP contribution in [0.25, 0.3) is 28.5 Å². The molecule has 10 nitrogen and oxygen atoms in total. The predicted molar refractivity (Wildman–Crippen MR) is 205 cm³/mol. The summed E-state index contributed by atoms with van der Waals surface area (Å²) in [5, 5.41) is 7.64. The van der Waals surface area contributed by atoms with E-state index in [2.05, 4.69) is 32.1 Å². The van der Waals surface area contributed by atoms with Crippen LogP contribution in [-0.4, -0.2) is 51.1 Å². The number of hydrogen-bond donors (Lipinski definition) is 2. The molecule has 2 saturated carbocycles. The van der Waals surface area contributed by atoms with E-state index in [4.69, 9.17) is 21.1 Å². The van der Waals surface area contributed by atoms with Gasteiger partial charge in [0.15, 0.2) is 5.82 Å². The third-order valence-electron chi connectivity index (χ3n) is 10.3. The third kappa shape index (κ3) is 8.17. The van der Waals surface area contributed by atoms with Gasteiger partial charge in [-0.25, -0.2) is 14.8 Å². The number of rotatable bonds is 15. The second-order valence-electron chi connectivity index (χ2n) is 13.9. The lowest BCUT2D eigenvalue weighted by Gasteiger charge is -2.40. The summed E-state index contributed by atoms with van der Waals surface area (Å²) in [4.78, 5) is 49.0. The number of fused-ring (bicyclic) bond motifs is 1. The minimum absolute atomic E-state index is 0.282. The first-order chi connectivity index (χ1) is 25.2. The Kier molecular flexibility index (Phi) is 11.9. The fourth-order valence-electron chi connectivity index (χ4n) is 7.36. The van der Waals surface area contributed by atoms with Gasteiger partial charge in [-0.15, -0.1) is 0 Å². The van der Waals surface area contributed by atoms with E-state index in [9.17, 15) is 14.4 Å². The van der Waals surface area contributed by atoms with Gasteiger partial charge >= 0.3 is 5.97 Å². The molecule has 11 heteroatoms. The van der Waals surface area contributed by atoms with Crippen LogP contribution in [0.3, 0.4) is 0 Å². The number of nitrogens with one attached hydrogen (secondary N) is 2. The van der Waals surface area contributed by atoms with Crippen LogP contribution in [-0.2, 0) is 21.4 Å². The maximum absolute atomic E-state index is 13.8. The monoisotopic (exact) mass is 725 g/mol. The van der Waals surface area contributed by atoms with Gasteiger partial charge in [-0.1, -0.05) is 56.7 Å². The van der Waals surface area contributed by atoms with Gasteiger partial charge in [-0.2, -0.15) is 0 Å². The van der Waals surface area contributed by atoms with Crippen LogP contribution < -0.4 is 15.4 Å². The lowest BCUT2D eigenvalue weighted by Crippen LogP contribution is -2.61. The van der Waals surface area contributed by atoms with E-state index in [1.807, 2.05) is 32.2 Å². The molecular weight excluding hydrogens is 678 g/mol. The summed E-state index contributed by atoms with van der Waals surface area (Å²) in [5.41, 5.74) is 3.72. The standard InChI is InChI=1S/C41H48ClN5O5/c1-4-6-7-10-22-52-35(48)19-16-27-14-17-31(24-34(27)51-5-2)45-40(50)41(20-11-21-41)46-39(49)29-15-18-32-33(23-29)47(3)37(36(32)28-12-8-9-13-28)38-43-25-30(42)26-44-38/h14-19,23-26,28H,4-13,20-22H2,1-3H3,(H,45,50)(H,46,49)/b19-16+. The smallest absolute Gasteiger partial charge is 0.330 e.